The molecule has 0 aliphatic carbocycles. The van der Waals surface area contributed by atoms with Crippen molar-refractivity contribution >= 4 is 0 Å². The Hall–Kier alpha value is -2.75. The Balaban J connectivity index is 1.87. The van der Waals surface area contributed by atoms with Crippen LogP contribution in [0.4, 0.5) is 13.2 Å². The van der Waals surface area contributed by atoms with Crippen molar-refractivity contribution in [2.45, 2.75) is 39.5 Å². The van der Waals surface area contributed by atoms with Crippen molar-refractivity contribution in [1.29, 1.82) is 0 Å². The first kappa shape index (κ1) is 21.0. The molecule has 0 unspecified atom stereocenters. The maximum absolute atomic E-state index is 14.8. The molecule has 0 amide bonds. The maximum atomic E-state index is 14.8. The van der Waals surface area contributed by atoms with E-state index in [1.807, 2.05) is 31.2 Å². The third-order valence-electron chi connectivity index (χ3n) is 4.87. The van der Waals surface area contributed by atoms with Crippen molar-refractivity contribution in [1.82, 2.24) is 0 Å². The molecule has 0 N–H and O–H groups in total. The molecule has 29 heavy (non-hydrogen) atoms. The molecule has 3 rings (SSSR count). The van der Waals surface area contributed by atoms with Crippen LogP contribution in [0.15, 0.2) is 54.6 Å². The van der Waals surface area contributed by atoms with Gasteiger partial charge >= 0.3 is 0 Å². The molecule has 0 radical (unpaired) electrons. The monoisotopic (exact) mass is 398 g/mol. The van der Waals surface area contributed by atoms with Gasteiger partial charge in [0.05, 0.1) is 6.61 Å². The van der Waals surface area contributed by atoms with Crippen LogP contribution in [0, 0.1) is 17.5 Å². The van der Waals surface area contributed by atoms with Gasteiger partial charge in [-0.3, -0.25) is 0 Å². The highest BCUT2D eigenvalue weighted by molar-refractivity contribution is 5.72. The summed E-state index contributed by atoms with van der Waals surface area (Å²) in [5.74, 6) is -2.70. The second-order valence-electron chi connectivity index (χ2n) is 7.08. The topological polar surface area (TPSA) is 9.23 Å². The fourth-order valence-corrected chi connectivity index (χ4v) is 3.23. The third kappa shape index (κ3) is 4.81. The summed E-state index contributed by atoms with van der Waals surface area (Å²) in [6.07, 6.45) is 3.93. The largest absolute Gasteiger partial charge is 0.490 e. The van der Waals surface area contributed by atoms with E-state index in [0.717, 1.165) is 24.8 Å². The summed E-state index contributed by atoms with van der Waals surface area (Å²) >= 11 is 0. The summed E-state index contributed by atoms with van der Waals surface area (Å²) in [4.78, 5) is 0. The molecule has 0 heterocycles. The second kappa shape index (κ2) is 9.64. The van der Waals surface area contributed by atoms with Gasteiger partial charge in [0.15, 0.2) is 11.6 Å². The van der Waals surface area contributed by atoms with E-state index in [2.05, 4.69) is 6.92 Å². The van der Waals surface area contributed by atoms with Crippen LogP contribution >= 0.6 is 0 Å². The number of unbranched alkanes of at least 4 members (excludes halogenated alkanes) is 1. The highest BCUT2D eigenvalue weighted by atomic mass is 19.2. The van der Waals surface area contributed by atoms with Crippen LogP contribution in [0.25, 0.3) is 22.3 Å². The lowest BCUT2D eigenvalue weighted by Crippen LogP contribution is -2.00. The lowest BCUT2D eigenvalue weighted by Gasteiger charge is -2.11. The SMILES string of the molecule is CCCCc1ccc(-c2ccc(-c3ccc(OCCC)c(F)c3F)cc2F)cc1. The molecule has 0 spiro atoms. The fraction of sp³-hybridized carbons (Fsp3) is 0.280. The van der Waals surface area contributed by atoms with Gasteiger partial charge in [0.2, 0.25) is 5.82 Å². The van der Waals surface area contributed by atoms with Crippen LogP contribution in [-0.4, -0.2) is 6.61 Å². The molecule has 0 aliphatic heterocycles. The Bertz CT molecular complexity index is 965. The number of aryl methyl sites for hydroxylation is 1. The quantitative estimate of drug-likeness (QED) is 0.380. The van der Waals surface area contributed by atoms with Gasteiger partial charge in [0.1, 0.15) is 5.82 Å². The molecule has 0 atom stereocenters. The first-order chi connectivity index (χ1) is 14.0. The first-order valence-corrected chi connectivity index (χ1v) is 10.0. The minimum absolute atomic E-state index is 0.00621. The number of benzene rings is 3. The Morgan fingerprint density at radius 3 is 2.07 bits per heavy atom. The Morgan fingerprint density at radius 1 is 0.724 bits per heavy atom. The molecule has 0 saturated carbocycles. The number of rotatable bonds is 8. The predicted octanol–water partition coefficient (Wildman–Crippen LogP) is 7.57. The molecule has 0 aromatic heterocycles. The molecule has 3 aromatic carbocycles. The van der Waals surface area contributed by atoms with Crippen LogP contribution in [0.2, 0.25) is 0 Å². The molecule has 1 nitrogen and oxygen atoms in total. The van der Waals surface area contributed by atoms with E-state index in [9.17, 15) is 13.2 Å². The summed E-state index contributed by atoms with van der Waals surface area (Å²) in [5.41, 5.74) is 2.69. The van der Waals surface area contributed by atoms with Crippen LogP contribution in [-0.2, 0) is 6.42 Å². The van der Waals surface area contributed by atoms with E-state index in [0.29, 0.717) is 18.6 Å². The van der Waals surface area contributed by atoms with Crippen molar-refractivity contribution in [3.8, 4) is 28.0 Å². The fourth-order valence-electron chi connectivity index (χ4n) is 3.23. The molecule has 0 fully saturated rings. The lowest BCUT2D eigenvalue weighted by atomic mass is 9.97. The summed E-state index contributed by atoms with van der Waals surface area (Å²) in [7, 11) is 0. The highest BCUT2D eigenvalue weighted by Gasteiger charge is 2.17. The minimum Gasteiger partial charge on any atom is -0.490 e. The average Bonchev–Trinajstić information content (AvgIpc) is 2.74. The van der Waals surface area contributed by atoms with E-state index in [4.69, 9.17) is 4.74 Å². The summed E-state index contributed by atoms with van der Waals surface area (Å²) < 4.78 is 48.7. The maximum Gasteiger partial charge on any atom is 0.201 e. The van der Waals surface area contributed by atoms with Gasteiger partial charge in [-0.2, -0.15) is 4.39 Å². The molecule has 0 bridgehead atoms. The standard InChI is InChI=1S/C25H25F3O/c1-3-5-6-17-7-9-18(10-8-17)20-12-11-19(16-22(20)26)21-13-14-23(29-15-4-2)25(28)24(21)27/h7-14,16H,3-6,15H2,1-2H3. The summed E-state index contributed by atoms with van der Waals surface area (Å²) in [5, 5.41) is 0. The van der Waals surface area contributed by atoms with Crippen LogP contribution < -0.4 is 4.74 Å². The van der Waals surface area contributed by atoms with E-state index < -0.39 is 17.5 Å². The van der Waals surface area contributed by atoms with E-state index >= 15 is 0 Å². The smallest absolute Gasteiger partial charge is 0.201 e. The first-order valence-electron chi connectivity index (χ1n) is 10.0. The van der Waals surface area contributed by atoms with Gasteiger partial charge in [-0.1, -0.05) is 56.7 Å². The van der Waals surface area contributed by atoms with Gasteiger partial charge in [-0.15, -0.1) is 0 Å². The van der Waals surface area contributed by atoms with Crippen LogP contribution in [0.5, 0.6) is 5.75 Å². The van der Waals surface area contributed by atoms with E-state index in [1.165, 1.54) is 23.8 Å². The molecule has 0 aliphatic rings. The lowest BCUT2D eigenvalue weighted by molar-refractivity contribution is 0.295. The van der Waals surface area contributed by atoms with E-state index in [1.54, 1.807) is 12.1 Å². The predicted molar refractivity (Wildman–Crippen MR) is 112 cm³/mol. The number of hydrogen-bond donors (Lipinski definition) is 0. The van der Waals surface area contributed by atoms with Crippen molar-refractivity contribution in [3.05, 3.63) is 77.6 Å². The number of ether oxygens (including phenoxy) is 1. The summed E-state index contributed by atoms with van der Waals surface area (Å²) in [6.45, 7) is 4.33. The summed E-state index contributed by atoms with van der Waals surface area (Å²) in [6, 6.07) is 15.0. The minimum atomic E-state index is -1.05. The Kier molecular flexibility index (Phi) is 6.97. The van der Waals surface area contributed by atoms with Crippen molar-refractivity contribution < 1.29 is 17.9 Å². The highest BCUT2D eigenvalue weighted by Crippen LogP contribution is 2.33. The van der Waals surface area contributed by atoms with Crippen molar-refractivity contribution in [2.75, 3.05) is 6.61 Å². The third-order valence-corrected chi connectivity index (χ3v) is 4.87. The van der Waals surface area contributed by atoms with Gasteiger partial charge in [0, 0.05) is 11.1 Å². The zero-order chi connectivity index (χ0) is 20.8. The molecular weight excluding hydrogens is 373 g/mol. The number of halogens is 3. The van der Waals surface area contributed by atoms with Gasteiger partial charge in [-0.25, -0.2) is 8.78 Å². The van der Waals surface area contributed by atoms with Crippen LogP contribution in [0.1, 0.15) is 38.7 Å². The molecular formula is C25H25F3O. The van der Waals surface area contributed by atoms with Gasteiger partial charge in [0.25, 0.3) is 0 Å². The van der Waals surface area contributed by atoms with Crippen molar-refractivity contribution in [3.63, 3.8) is 0 Å². The van der Waals surface area contributed by atoms with Gasteiger partial charge in [-0.05, 0) is 54.2 Å². The van der Waals surface area contributed by atoms with Gasteiger partial charge < -0.3 is 4.74 Å². The second-order valence-corrected chi connectivity index (χ2v) is 7.08. The van der Waals surface area contributed by atoms with E-state index in [-0.39, 0.29) is 16.9 Å². The van der Waals surface area contributed by atoms with Crippen molar-refractivity contribution in [2.24, 2.45) is 0 Å². The van der Waals surface area contributed by atoms with Crippen LogP contribution in [0.3, 0.4) is 0 Å². The molecule has 152 valence electrons. The molecule has 0 saturated heterocycles. The normalized spacial score (nSPS) is 10.9. The Morgan fingerprint density at radius 2 is 1.41 bits per heavy atom. The zero-order valence-electron chi connectivity index (χ0n) is 16.8. The molecule has 4 heteroatoms. The Labute approximate surface area is 170 Å². The average molecular weight is 398 g/mol. The molecule has 3 aromatic rings. The number of hydrogen-bond acceptors (Lipinski definition) is 1. The zero-order valence-corrected chi connectivity index (χ0v) is 16.8.